The predicted octanol–water partition coefficient (Wildman–Crippen LogP) is -0.622. The van der Waals surface area contributed by atoms with Crippen LogP contribution in [-0.2, 0) is 20.3 Å². The molecule has 94 valence electrons. The number of hydrogen-bond donors (Lipinski definition) is 2. The zero-order valence-electron chi connectivity index (χ0n) is 9.61. The maximum atomic E-state index is 11.6. The van der Waals surface area contributed by atoms with E-state index in [1.165, 1.54) is 0 Å². The Morgan fingerprint density at radius 1 is 1.56 bits per heavy atom. The minimum absolute atomic E-state index is 0.0324. The molecule has 0 bridgehead atoms. The van der Waals surface area contributed by atoms with Crippen molar-refractivity contribution in [1.29, 1.82) is 0 Å². The van der Waals surface area contributed by atoms with Gasteiger partial charge in [-0.05, 0) is 12.8 Å². The number of nitrogens with two attached hydrogens (primary N) is 1. The lowest BCUT2D eigenvalue weighted by Gasteiger charge is -2.23. The zero-order chi connectivity index (χ0) is 12.0. The molecule has 0 aromatic rings. The van der Waals surface area contributed by atoms with Gasteiger partial charge in [-0.25, -0.2) is 0 Å². The first-order chi connectivity index (χ1) is 7.65. The van der Waals surface area contributed by atoms with Crippen molar-refractivity contribution in [2.45, 2.75) is 31.4 Å². The molecular formula is C10H20N2O3S. The van der Waals surface area contributed by atoms with E-state index in [2.05, 4.69) is 5.32 Å². The van der Waals surface area contributed by atoms with Crippen LogP contribution in [0, 0.1) is 0 Å². The molecule has 1 fully saturated rings. The number of ether oxygens (including phenoxy) is 1. The molecule has 5 nitrogen and oxygen atoms in total. The highest BCUT2D eigenvalue weighted by molar-refractivity contribution is 7.85. The van der Waals surface area contributed by atoms with Crippen LogP contribution >= 0.6 is 0 Å². The van der Waals surface area contributed by atoms with Gasteiger partial charge >= 0.3 is 0 Å². The number of rotatable bonds is 5. The van der Waals surface area contributed by atoms with Gasteiger partial charge in [0.25, 0.3) is 0 Å². The fourth-order valence-corrected chi connectivity index (χ4v) is 2.99. The number of carbonyl (C=O) groups excluding carboxylic acids is 1. The van der Waals surface area contributed by atoms with E-state index in [0.717, 1.165) is 12.8 Å². The normalized spacial score (nSPS) is 27.4. The molecule has 1 heterocycles. The van der Waals surface area contributed by atoms with E-state index in [1.807, 2.05) is 0 Å². The Balaban J connectivity index is 2.26. The number of amides is 1. The van der Waals surface area contributed by atoms with Gasteiger partial charge in [-0.1, -0.05) is 0 Å². The van der Waals surface area contributed by atoms with Crippen LogP contribution in [0.1, 0.15) is 19.3 Å². The molecule has 1 unspecified atom stereocenters. The van der Waals surface area contributed by atoms with E-state index in [4.69, 9.17) is 10.5 Å². The molecule has 0 aliphatic carbocycles. The second-order valence-electron chi connectivity index (χ2n) is 3.99. The fourth-order valence-electron chi connectivity index (χ4n) is 1.69. The van der Waals surface area contributed by atoms with Gasteiger partial charge in [0.1, 0.15) is 0 Å². The van der Waals surface area contributed by atoms with Crippen LogP contribution in [0.2, 0.25) is 0 Å². The number of carbonyl (C=O) groups is 1. The van der Waals surface area contributed by atoms with Crippen LogP contribution in [0.15, 0.2) is 0 Å². The van der Waals surface area contributed by atoms with E-state index >= 15 is 0 Å². The Hall–Kier alpha value is -0.460. The highest BCUT2D eigenvalue weighted by Crippen LogP contribution is 2.09. The lowest BCUT2D eigenvalue weighted by atomic mass is 10.1. The highest BCUT2D eigenvalue weighted by Gasteiger charge is 2.20. The average molecular weight is 248 g/mol. The van der Waals surface area contributed by atoms with Gasteiger partial charge in [0.15, 0.2) is 0 Å². The van der Waals surface area contributed by atoms with E-state index in [0.29, 0.717) is 24.5 Å². The molecule has 3 N–H and O–H groups in total. The molecule has 0 spiro atoms. The van der Waals surface area contributed by atoms with Gasteiger partial charge in [0.05, 0.1) is 12.5 Å². The topological polar surface area (TPSA) is 81.4 Å². The Labute approximate surface area is 98.6 Å². The fraction of sp³-hybridized carbons (Fsp3) is 0.900. The molecule has 16 heavy (non-hydrogen) atoms. The van der Waals surface area contributed by atoms with E-state index in [-0.39, 0.29) is 18.1 Å². The third-order valence-corrected chi connectivity index (χ3v) is 4.14. The van der Waals surface area contributed by atoms with Crippen molar-refractivity contribution in [3.8, 4) is 0 Å². The molecule has 1 atom stereocenters. The third kappa shape index (κ3) is 4.59. The van der Waals surface area contributed by atoms with Gasteiger partial charge < -0.3 is 15.8 Å². The van der Waals surface area contributed by atoms with Crippen LogP contribution < -0.4 is 11.1 Å². The zero-order valence-corrected chi connectivity index (χ0v) is 10.4. The smallest absolute Gasteiger partial charge is 0.222 e. The summed E-state index contributed by atoms with van der Waals surface area (Å²) in [6, 6.07) is 0.167. The number of hydrogen-bond acceptors (Lipinski definition) is 4. The molecule has 0 aromatic heterocycles. The molecule has 0 radical (unpaired) electrons. The van der Waals surface area contributed by atoms with Crippen molar-refractivity contribution in [3.05, 3.63) is 0 Å². The van der Waals surface area contributed by atoms with Gasteiger partial charge in [-0.2, -0.15) is 0 Å². The van der Waals surface area contributed by atoms with Crippen LogP contribution in [0.3, 0.4) is 0 Å². The summed E-state index contributed by atoms with van der Waals surface area (Å²) in [5, 5.41) is 2.93. The second-order valence-corrected chi connectivity index (χ2v) is 5.68. The average Bonchev–Trinajstić information content (AvgIpc) is 2.29. The Morgan fingerprint density at radius 2 is 2.19 bits per heavy atom. The van der Waals surface area contributed by atoms with Crippen LogP contribution in [-0.4, -0.2) is 47.4 Å². The summed E-state index contributed by atoms with van der Waals surface area (Å²) < 4.78 is 16.2. The summed E-state index contributed by atoms with van der Waals surface area (Å²) in [6.07, 6.45) is 1.70. The second kappa shape index (κ2) is 6.98. The largest absolute Gasteiger partial charge is 0.380 e. The minimum Gasteiger partial charge on any atom is -0.380 e. The van der Waals surface area contributed by atoms with Crippen molar-refractivity contribution < 1.29 is 13.7 Å². The summed E-state index contributed by atoms with van der Waals surface area (Å²) >= 11 is 0. The number of nitrogens with one attached hydrogen (secondary N) is 1. The van der Waals surface area contributed by atoms with Crippen molar-refractivity contribution in [3.63, 3.8) is 0 Å². The molecule has 1 amide bonds. The standard InChI is InChI=1S/C10H20N2O3S/c1-15-9(7-11)6-10(13)12-8-2-4-16(14)5-3-8/h8-9H,2-7,11H2,1H3,(H,12,13). The van der Waals surface area contributed by atoms with E-state index in [9.17, 15) is 9.00 Å². The first kappa shape index (κ1) is 13.6. The van der Waals surface area contributed by atoms with E-state index < -0.39 is 10.8 Å². The third-order valence-electron chi connectivity index (χ3n) is 2.76. The van der Waals surface area contributed by atoms with Gasteiger partial charge in [0, 0.05) is 42.0 Å². The maximum Gasteiger partial charge on any atom is 0.222 e. The van der Waals surface area contributed by atoms with Gasteiger partial charge in [0.2, 0.25) is 5.91 Å². The molecule has 1 aliphatic rings. The highest BCUT2D eigenvalue weighted by atomic mass is 32.2. The lowest BCUT2D eigenvalue weighted by Crippen LogP contribution is -2.41. The quantitative estimate of drug-likeness (QED) is 0.679. The number of methoxy groups -OCH3 is 1. The SMILES string of the molecule is COC(CN)CC(=O)NC1CCS(=O)CC1. The summed E-state index contributed by atoms with van der Waals surface area (Å²) in [4.78, 5) is 11.6. The van der Waals surface area contributed by atoms with Crippen molar-refractivity contribution in [2.75, 3.05) is 25.2 Å². The molecule has 1 rings (SSSR count). The molecule has 0 aromatic carbocycles. The van der Waals surface area contributed by atoms with Gasteiger partial charge in [-0.3, -0.25) is 9.00 Å². The Bertz CT molecular complexity index is 246. The van der Waals surface area contributed by atoms with Crippen LogP contribution in [0.5, 0.6) is 0 Å². The maximum absolute atomic E-state index is 11.6. The monoisotopic (exact) mass is 248 g/mol. The molecule has 0 saturated carbocycles. The van der Waals surface area contributed by atoms with Crippen LogP contribution in [0.4, 0.5) is 0 Å². The summed E-state index contributed by atoms with van der Waals surface area (Å²) in [5.74, 6) is 1.35. The van der Waals surface area contributed by atoms with Gasteiger partial charge in [-0.15, -0.1) is 0 Å². The molecule has 1 saturated heterocycles. The molecule has 6 heteroatoms. The van der Waals surface area contributed by atoms with Crippen LogP contribution in [0.25, 0.3) is 0 Å². The van der Waals surface area contributed by atoms with E-state index in [1.54, 1.807) is 7.11 Å². The van der Waals surface area contributed by atoms with Crippen molar-refractivity contribution in [1.82, 2.24) is 5.32 Å². The lowest BCUT2D eigenvalue weighted by molar-refractivity contribution is -0.124. The van der Waals surface area contributed by atoms with Crippen molar-refractivity contribution >= 4 is 16.7 Å². The Kier molecular flexibility index (Phi) is 5.94. The first-order valence-corrected chi connectivity index (χ1v) is 7.01. The minimum atomic E-state index is -0.686. The summed E-state index contributed by atoms with van der Waals surface area (Å²) in [7, 11) is 0.864. The van der Waals surface area contributed by atoms with Crippen molar-refractivity contribution in [2.24, 2.45) is 5.73 Å². The first-order valence-electron chi connectivity index (χ1n) is 5.53. The summed E-state index contributed by atoms with van der Waals surface area (Å²) in [5.41, 5.74) is 5.44. The molecular weight excluding hydrogens is 228 g/mol. The molecule has 1 aliphatic heterocycles. The summed E-state index contributed by atoms with van der Waals surface area (Å²) in [6.45, 7) is 0.346. The predicted molar refractivity (Wildman–Crippen MR) is 63.5 cm³/mol. The Morgan fingerprint density at radius 3 is 2.69 bits per heavy atom.